The lowest BCUT2D eigenvalue weighted by atomic mass is 10.0. The van der Waals surface area contributed by atoms with E-state index in [2.05, 4.69) is 39.1 Å². The van der Waals surface area contributed by atoms with E-state index in [1.54, 1.807) is 0 Å². The van der Waals surface area contributed by atoms with Gasteiger partial charge in [-0.05, 0) is 28.5 Å². The Morgan fingerprint density at radius 2 is 1.79 bits per heavy atom. The molecule has 1 aliphatic carbocycles. The first-order valence-electron chi connectivity index (χ1n) is 6.75. The normalized spacial score (nSPS) is 20.9. The fraction of sp³-hybridized carbons (Fsp3) is 0.500. The van der Waals surface area contributed by atoms with Gasteiger partial charge in [0.1, 0.15) is 5.58 Å². The molecule has 2 aromatic rings. The van der Waals surface area contributed by atoms with Crippen LogP contribution in [0.3, 0.4) is 0 Å². The topological polar surface area (TPSA) is 25.2 Å². The molecule has 1 saturated carbocycles. The summed E-state index contributed by atoms with van der Waals surface area (Å²) in [6.07, 6.45) is 0. The molecule has 102 valence electrons. The van der Waals surface area contributed by atoms with Gasteiger partial charge >= 0.3 is 0 Å². The predicted molar refractivity (Wildman–Crippen MR) is 79.4 cm³/mol. The molecule has 1 N–H and O–H groups in total. The summed E-state index contributed by atoms with van der Waals surface area (Å²) in [5.41, 5.74) is 2.59. The third-order valence-corrected chi connectivity index (χ3v) is 5.46. The molecule has 1 fully saturated rings. The van der Waals surface area contributed by atoms with Crippen molar-refractivity contribution >= 4 is 22.6 Å². The lowest BCUT2D eigenvalue weighted by Gasteiger charge is -2.05. The SMILES string of the molecule is CC1(C)C(NCc2c(Cl)oc3ccccc23)C1(C)C. The van der Waals surface area contributed by atoms with E-state index in [1.807, 2.05) is 18.2 Å². The van der Waals surface area contributed by atoms with Crippen LogP contribution in [0.25, 0.3) is 11.0 Å². The average molecular weight is 278 g/mol. The van der Waals surface area contributed by atoms with Gasteiger partial charge < -0.3 is 9.73 Å². The first-order chi connectivity index (χ1) is 8.85. The van der Waals surface area contributed by atoms with E-state index in [-0.39, 0.29) is 0 Å². The van der Waals surface area contributed by atoms with Crippen molar-refractivity contribution in [3.05, 3.63) is 35.0 Å². The molecule has 0 unspecified atom stereocenters. The highest BCUT2D eigenvalue weighted by Crippen LogP contribution is 2.62. The summed E-state index contributed by atoms with van der Waals surface area (Å²) < 4.78 is 5.58. The zero-order chi connectivity index (χ0) is 13.8. The van der Waals surface area contributed by atoms with E-state index in [0.717, 1.165) is 23.1 Å². The molecule has 0 radical (unpaired) electrons. The van der Waals surface area contributed by atoms with Crippen LogP contribution in [0.15, 0.2) is 28.7 Å². The van der Waals surface area contributed by atoms with Crippen LogP contribution in [0.2, 0.25) is 5.22 Å². The van der Waals surface area contributed by atoms with Gasteiger partial charge in [0.2, 0.25) is 0 Å². The summed E-state index contributed by atoms with van der Waals surface area (Å²) in [6.45, 7) is 9.98. The van der Waals surface area contributed by atoms with Crippen molar-refractivity contribution in [1.82, 2.24) is 5.32 Å². The molecule has 0 aliphatic heterocycles. The fourth-order valence-corrected chi connectivity index (χ4v) is 3.40. The molecule has 1 heterocycles. The van der Waals surface area contributed by atoms with Crippen LogP contribution in [0.1, 0.15) is 33.3 Å². The number of hydrogen-bond donors (Lipinski definition) is 1. The Morgan fingerprint density at radius 3 is 2.42 bits per heavy atom. The van der Waals surface area contributed by atoms with Gasteiger partial charge in [-0.1, -0.05) is 45.9 Å². The van der Waals surface area contributed by atoms with Gasteiger partial charge in [-0.25, -0.2) is 0 Å². The van der Waals surface area contributed by atoms with Crippen LogP contribution >= 0.6 is 11.6 Å². The summed E-state index contributed by atoms with van der Waals surface area (Å²) in [5.74, 6) is 0. The summed E-state index contributed by atoms with van der Waals surface area (Å²) >= 11 is 6.21. The molecule has 0 amide bonds. The van der Waals surface area contributed by atoms with Crippen LogP contribution in [0, 0.1) is 10.8 Å². The number of furan rings is 1. The van der Waals surface area contributed by atoms with Crippen LogP contribution < -0.4 is 5.32 Å². The van der Waals surface area contributed by atoms with Gasteiger partial charge in [0.05, 0.1) is 0 Å². The van der Waals surface area contributed by atoms with Gasteiger partial charge in [-0.15, -0.1) is 0 Å². The van der Waals surface area contributed by atoms with Crippen LogP contribution in [-0.4, -0.2) is 6.04 Å². The maximum Gasteiger partial charge on any atom is 0.199 e. The zero-order valence-corrected chi connectivity index (χ0v) is 12.6. The third kappa shape index (κ3) is 1.81. The maximum absolute atomic E-state index is 6.21. The number of nitrogens with one attached hydrogen (secondary N) is 1. The molecule has 1 aliphatic rings. The second-order valence-electron chi connectivity index (χ2n) is 6.61. The fourth-order valence-electron chi connectivity index (χ4n) is 3.14. The Morgan fingerprint density at radius 1 is 1.16 bits per heavy atom. The van der Waals surface area contributed by atoms with Gasteiger partial charge in [-0.3, -0.25) is 0 Å². The smallest absolute Gasteiger partial charge is 0.199 e. The minimum atomic E-state index is 0.332. The molecule has 2 nitrogen and oxygen atoms in total. The second kappa shape index (κ2) is 4.00. The lowest BCUT2D eigenvalue weighted by molar-refractivity contribution is 0.457. The maximum atomic E-state index is 6.21. The van der Waals surface area contributed by atoms with Crippen molar-refractivity contribution in [2.75, 3.05) is 0 Å². The lowest BCUT2D eigenvalue weighted by Crippen LogP contribution is -2.21. The quantitative estimate of drug-likeness (QED) is 0.886. The molecular formula is C16H20ClNO. The summed E-state index contributed by atoms with van der Waals surface area (Å²) in [6, 6.07) is 8.51. The summed E-state index contributed by atoms with van der Waals surface area (Å²) in [5, 5.41) is 5.24. The Labute approximate surface area is 119 Å². The highest BCUT2D eigenvalue weighted by Gasteiger charge is 2.64. The number of para-hydroxylation sites is 1. The van der Waals surface area contributed by atoms with Crippen molar-refractivity contribution in [2.24, 2.45) is 10.8 Å². The Kier molecular flexibility index (Phi) is 2.74. The molecule has 0 saturated heterocycles. The Balaban J connectivity index is 1.82. The number of hydrogen-bond acceptors (Lipinski definition) is 2. The van der Waals surface area contributed by atoms with Crippen LogP contribution in [-0.2, 0) is 6.54 Å². The van der Waals surface area contributed by atoms with Gasteiger partial charge in [0.15, 0.2) is 5.22 Å². The number of fused-ring (bicyclic) bond motifs is 1. The summed E-state index contributed by atoms with van der Waals surface area (Å²) in [4.78, 5) is 0. The van der Waals surface area contributed by atoms with E-state index in [9.17, 15) is 0 Å². The minimum absolute atomic E-state index is 0.332. The Bertz CT molecular complexity index is 613. The first-order valence-corrected chi connectivity index (χ1v) is 7.13. The van der Waals surface area contributed by atoms with Crippen molar-refractivity contribution in [3.8, 4) is 0 Å². The highest BCUT2D eigenvalue weighted by atomic mass is 35.5. The van der Waals surface area contributed by atoms with Gasteiger partial charge in [0.25, 0.3) is 0 Å². The molecule has 0 spiro atoms. The zero-order valence-electron chi connectivity index (χ0n) is 11.9. The standard InChI is InChI=1S/C16H20ClNO/c1-15(2)14(16(15,3)4)18-9-11-10-7-5-6-8-12(10)19-13(11)17/h5-8,14,18H,9H2,1-4H3. The number of rotatable bonds is 3. The van der Waals surface area contributed by atoms with E-state index >= 15 is 0 Å². The molecule has 0 bridgehead atoms. The monoisotopic (exact) mass is 277 g/mol. The van der Waals surface area contributed by atoms with E-state index in [1.165, 1.54) is 0 Å². The summed E-state index contributed by atoms with van der Waals surface area (Å²) in [7, 11) is 0. The van der Waals surface area contributed by atoms with Crippen molar-refractivity contribution in [2.45, 2.75) is 40.3 Å². The van der Waals surface area contributed by atoms with E-state index in [4.69, 9.17) is 16.0 Å². The van der Waals surface area contributed by atoms with Crippen molar-refractivity contribution in [1.29, 1.82) is 0 Å². The first kappa shape index (κ1) is 13.0. The predicted octanol–water partition coefficient (Wildman–Crippen LogP) is 4.61. The number of benzene rings is 1. The molecule has 1 aromatic carbocycles. The average Bonchev–Trinajstić information content (AvgIpc) is 2.63. The van der Waals surface area contributed by atoms with E-state index < -0.39 is 0 Å². The van der Waals surface area contributed by atoms with Gasteiger partial charge in [0, 0.05) is 23.5 Å². The Hall–Kier alpha value is -0.990. The molecule has 3 heteroatoms. The molecule has 19 heavy (non-hydrogen) atoms. The highest BCUT2D eigenvalue weighted by molar-refractivity contribution is 6.30. The minimum Gasteiger partial charge on any atom is -0.444 e. The van der Waals surface area contributed by atoms with Gasteiger partial charge in [-0.2, -0.15) is 0 Å². The van der Waals surface area contributed by atoms with E-state index in [0.29, 0.717) is 22.1 Å². The van der Waals surface area contributed by atoms with Crippen LogP contribution in [0.5, 0.6) is 0 Å². The molecule has 3 rings (SSSR count). The van der Waals surface area contributed by atoms with Crippen LogP contribution in [0.4, 0.5) is 0 Å². The second-order valence-corrected chi connectivity index (χ2v) is 6.95. The largest absolute Gasteiger partial charge is 0.444 e. The third-order valence-electron chi connectivity index (χ3n) is 5.15. The molecule has 0 atom stereocenters. The van der Waals surface area contributed by atoms with Crippen molar-refractivity contribution in [3.63, 3.8) is 0 Å². The molecule has 1 aromatic heterocycles. The van der Waals surface area contributed by atoms with Crippen molar-refractivity contribution < 1.29 is 4.42 Å². The molecular weight excluding hydrogens is 258 g/mol. The number of halogens is 1.